The summed E-state index contributed by atoms with van der Waals surface area (Å²) >= 11 is 0. The van der Waals surface area contributed by atoms with E-state index in [2.05, 4.69) is 41.4 Å². The lowest BCUT2D eigenvalue weighted by molar-refractivity contribution is 0.482. The first-order valence-electron chi connectivity index (χ1n) is 7.11. The van der Waals surface area contributed by atoms with E-state index in [1.807, 2.05) is 24.3 Å². The minimum Gasteiger partial charge on any atom is -0.457 e. The summed E-state index contributed by atoms with van der Waals surface area (Å²) in [5, 5.41) is 3.37. The third kappa shape index (κ3) is 3.11. The molecule has 1 aliphatic heterocycles. The SMILES string of the molecule is Cc1ccc(Oc2ccc(N3CCNCC3)cc2)cc1. The van der Waals surface area contributed by atoms with Crippen LogP contribution in [0.25, 0.3) is 0 Å². The summed E-state index contributed by atoms with van der Waals surface area (Å²) in [7, 11) is 0. The third-order valence-electron chi connectivity index (χ3n) is 3.58. The Kier molecular flexibility index (Phi) is 3.88. The Morgan fingerprint density at radius 1 is 0.850 bits per heavy atom. The topological polar surface area (TPSA) is 24.5 Å². The fraction of sp³-hybridized carbons (Fsp3) is 0.294. The number of hydrogen-bond acceptors (Lipinski definition) is 3. The van der Waals surface area contributed by atoms with E-state index in [1.165, 1.54) is 11.3 Å². The largest absolute Gasteiger partial charge is 0.457 e. The van der Waals surface area contributed by atoms with E-state index in [0.29, 0.717) is 0 Å². The molecule has 0 spiro atoms. The van der Waals surface area contributed by atoms with Crippen LogP contribution in [0.15, 0.2) is 48.5 Å². The van der Waals surface area contributed by atoms with Gasteiger partial charge in [0.25, 0.3) is 0 Å². The zero-order valence-corrected chi connectivity index (χ0v) is 11.8. The van der Waals surface area contributed by atoms with Crippen molar-refractivity contribution in [1.29, 1.82) is 0 Å². The Morgan fingerprint density at radius 3 is 2.00 bits per heavy atom. The van der Waals surface area contributed by atoms with Gasteiger partial charge < -0.3 is 15.0 Å². The number of ether oxygens (including phenoxy) is 1. The van der Waals surface area contributed by atoms with Gasteiger partial charge in [-0.15, -0.1) is 0 Å². The number of aryl methyl sites for hydroxylation is 1. The molecule has 0 atom stereocenters. The molecular formula is C17H20N2O. The lowest BCUT2D eigenvalue weighted by Crippen LogP contribution is -2.43. The van der Waals surface area contributed by atoms with E-state index < -0.39 is 0 Å². The molecule has 3 nitrogen and oxygen atoms in total. The zero-order valence-electron chi connectivity index (χ0n) is 11.8. The highest BCUT2D eigenvalue weighted by Crippen LogP contribution is 2.24. The molecule has 2 aromatic carbocycles. The monoisotopic (exact) mass is 268 g/mol. The highest BCUT2D eigenvalue weighted by molar-refractivity contribution is 5.50. The number of benzene rings is 2. The molecule has 0 bridgehead atoms. The second-order valence-corrected chi connectivity index (χ2v) is 5.15. The van der Waals surface area contributed by atoms with Gasteiger partial charge in [-0.1, -0.05) is 17.7 Å². The van der Waals surface area contributed by atoms with E-state index in [-0.39, 0.29) is 0 Å². The van der Waals surface area contributed by atoms with Crippen LogP contribution in [0, 0.1) is 6.92 Å². The Balaban J connectivity index is 1.67. The molecule has 2 aromatic rings. The standard InChI is InChI=1S/C17H20N2O/c1-14-2-6-16(7-3-14)20-17-8-4-15(5-9-17)19-12-10-18-11-13-19/h2-9,18H,10-13H2,1H3. The summed E-state index contributed by atoms with van der Waals surface area (Å²) in [6, 6.07) is 16.5. The molecular weight excluding hydrogens is 248 g/mol. The molecule has 0 unspecified atom stereocenters. The molecule has 0 aromatic heterocycles. The van der Waals surface area contributed by atoms with Crippen molar-refractivity contribution in [3.8, 4) is 11.5 Å². The smallest absolute Gasteiger partial charge is 0.127 e. The van der Waals surface area contributed by atoms with Crippen LogP contribution in [0.2, 0.25) is 0 Å². The number of piperazine rings is 1. The van der Waals surface area contributed by atoms with Crippen LogP contribution in [0.4, 0.5) is 5.69 Å². The van der Waals surface area contributed by atoms with Crippen LogP contribution in [-0.2, 0) is 0 Å². The predicted molar refractivity (Wildman–Crippen MR) is 82.8 cm³/mol. The molecule has 1 N–H and O–H groups in total. The average Bonchev–Trinajstić information content (AvgIpc) is 2.51. The lowest BCUT2D eigenvalue weighted by atomic mass is 10.2. The molecule has 0 aliphatic carbocycles. The van der Waals surface area contributed by atoms with Gasteiger partial charge in [0.15, 0.2) is 0 Å². The molecule has 0 saturated carbocycles. The van der Waals surface area contributed by atoms with Crippen LogP contribution in [0.1, 0.15) is 5.56 Å². The Morgan fingerprint density at radius 2 is 1.40 bits per heavy atom. The van der Waals surface area contributed by atoms with Gasteiger partial charge in [0, 0.05) is 31.9 Å². The van der Waals surface area contributed by atoms with Crippen LogP contribution in [0.3, 0.4) is 0 Å². The summed E-state index contributed by atoms with van der Waals surface area (Å²) in [6.45, 7) is 6.33. The van der Waals surface area contributed by atoms with Crippen molar-refractivity contribution in [1.82, 2.24) is 5.32 Å². The minimum absolute atomic E-state index is 0.880. The molecule has 3 rings (SSSR count). The normalized spacial score (nSPS) is 15.2. The number of hydrogen-bond donors (Lipinski definition) is 1. The van der Waals surface area contributed by atoms with Crippen LogP contribution >= 0.6 is 0 Å². The van der Waals surface area contributed by atoms with Gasteiger partial charge in [0.05, 0.1) is 0 Å². The van der Waals surface area contributed by atoms with Crippen molar-refractivity contribution < 1.29 is 4.74 Å². The molecule has 0 amide bonds. The minimum atomic E-state index is 0.880. The molecule has 1 saturated heterocycles. The molecule has 1 fully saturated rings. The van der Waals surface area contributed by atoms with Crippen molar-refractivity contribution >= 4 is 5.69 Å². The van der Waals surface area contributed by atoms with E-state index in [4.69, 9.17) is 4.74 Å². The second-order valence-electron chi connectivity index (χ2n) is 5.15. The first-order valence-corrected chi connectivity index (χ1v) is 7.11. The van der Waals surface area contributed by atoms with E-state index >= 15 is 0 Å². The summed E-state index contributed by atoms with van der Waals surface area (Å²) in [5.74, 6) is 1.76. The number of anilines is 1. The van der Waals surface area contributed by atoms with E-state index in [1.54, 1.807) is 0 Å². The zero-order chi connectivity index (χ0) is 13.8. The highest BCUT2D eigenvalue weighted by Gasteiger charge is 2.10. The van der Waals surface area contributed by atoms with Gasteiger partial charge in [-0.25, -0.2) is 0 Å². The maximum atomic E-state index is 5.84. The quantitative estimate of drug-likeness (QED) is 0.925. The second kappa shape index (κ2) is 5.97. The molecule has 0 radical (unpaired) electrons. The Hall–Kier alpha value is -2.00. The van der Waals surface area contributed by atoms with Crippen molar-refractivity contribution in [2.45, 2.75) is 6.92 Å². The maximum absolute atomic E-state index is 5.84. The molecule has 3 heteroatoms. The number of rotatable bonds is 3. The third-order valence-corrected chi connectivity index (χ3v) is 3.58. The number of nitrogens with one attached hydrogen (secondary N) is 1. The van der Waals surface area contributed by atoms with Gasteiger partial charge in [-0.3, -0.25) is 0 Å². The molecule has 104 valence electrons. The summed E-state index contributed by atoms with van der Waals surface area (Å²) in [6.07, 6.45) is 0. The van der Waals surface area contributed by atoms with Gasteiger partial charge in [-0.05, 0) is 43.3 Å². The highest BCUT2D eigenvalue weighted by atomic mass is 16.5. The van der Waals surface area contributed by atoms with E-state index in [9.17, 15) is 0 Å². The van der Waals surface area contributed by atoms with Crippen molar-refractivity contribution in [3.05, 3.63) is 54.1 Å². The predicted octanol–water partition coefficient (Wildman–Crippen LogP) is 3.20. The van der Waals surface area contributed by atoms with E-state index in [0.717, 1.165) is 37.7 Å². The summed E-state index contributed by atoms with van der Waals surface area (Å²) in [5.41, 5.74) is 2.51. The Labute approximate surface area is 120 Å². The maximum Gasteiger partial charge on any atom is 0.127 e. The fourth-order valence-electron chi connectivity index (χ4n) is 2.39. The molecule has 1 heterocycles. The summed E-state index contributed by atoms with van der Waals surface area (Å²) < 4.78 is 5.84. The fourth-order valence-corrected chi connectivity index (χ4v) is 2.39. The van der Waals surface area contributed by atoms with Crippen LogP contribution in [-0.4, -0.2) is 26.2 Å². The van der Waals surface area contributed by atoms with Crippen molar-refractivity contribution in [2.75, 3.05) is 31.1 Å². The van der Waals surface area contributed by atoms with Crippen molar-refractivity contribution in [3.63, 3.8) is 0 Å². The van der Waals surface area contributed by atoms with Gasteiger partial charge >= 0.3 is 0 Å². The van der Waals surface area contributed by atoms with Crippen LogP contribution < -0.4 is 15.0 Å². The Bertz CT molecular complexity index is 542. The van der Waals surface area contributed by atoms with Gasteiger partial charge in [0.1, 0.15) is 11.5 Å². The van der Waals surface area contributed by atoms with Crippen LogP contribution in [0.5, 0.6) is 11.5 Å². The first kappa shape index (κ1) is 13.0. The van der Waals surface area contributed by atoms with Gasteiger partial charge in [-0.2, -0.15) is 0 Å². The molecule has 20 heavy (non-hydrogen) atoms. The number of nitrogens with zero attached hydrogens (tertiary/aromatic N) is 1. The average molecular weight is 268 g/mol. The van der Waals surface area contributed by atoms with Gasteiger partial charge in [0.2, 0.25) is 0 Å². The first-order chi connectivity index (χ1) is 9.81. The summed E-state index contributed by atoms with van der Waals surface area (Å²) in [4.78, 5) is 2.39. The lowest BCUT2D eigenvalue weighted by Gasteiger charge is -2.29. The van der Waals surface area contributed by atoms with Crippen molar-refractivity contribution in [2.24, 2.45) is 0 Å². The molecule has 1 aliphatic rings.